The monoisotopic (exact) mass is 378 g/mol. The first-order valence-electron chi connectivity index (χ1n) is 8.71. The predicted molar refractivity (Wildman–Crippen MR) is 107 cm³/mol. The molecule has 0 unspecified atom stereocenters. The van der Waals surface area contributed by atoms with Crippen molar-refractivity contribution >= 4 is 33.5 Å². The largest absolute Gasteiger partial charge is 0.462 e. The van der Waals surface area contributed by atoms with Crippen LogP contribution in [0.25, 0.3) is 21.5 Å². The van der Waals surface area contributed by atoms with E-state index in [-0.39, 0.29) is 18.8 Å². The SMILES string of the molecule is C=CC(=O)Oc1ccc2c(ccc3c(F)c(CCOC(=O)C(=C)C)ccc32)c1. The summed E-state index contributed by atoms with van der Waals surface area (Å²) in [6.07, 6.45) is 1.37. The van der Waals surface area contributed by atoms with Crippen LogP contribution < -0.4 is 4.74 Å². The van der Waals surface area contributed by atoms with Crippen LogP contribution in [0.15, 0.2) is 67.3 Å². The van der Waals surface area contributed by atoms with Gasteiger partial charge in [-0.15, -0.1) is 0 Å². The van der Waals surface area contributed by atoms with E-state index in [4.69, 9.17) is 9.47 Å². The number of carbonyl (C=O) groups is 2. The maximum Gasteiger partial charge on any atom is 0.335 e. The molecule has 142 valence electrons. The molecule has 0 spiro atoms. The normalized spacial score (nSPS) is 10.6. The van der Waals surface area contributed by atoms with E-state index in [0.717, 1.165) is 22.2 Å². The smallest absolute Gasteiger partial charge is 0.335 e. The highest BCUT2D eigenvalue weighted by molar-refractivity contribution is 6.08. The van der Waals surface area contributed by atoms with Crippen LogP contribution in [-0.4, -0.2) is 18.5 Å². The third-order valence-electron chi connectivity index (χ3n) is 4.34. The van der Waals surface area contributed by atoms with E-state index in [1.165, 1.54) is 0 Å². The Labute approximate surface area is 161 Å². The van der Waals surface area contributed by atoms with Crippen molar-refractivity contribution in [2.75, 3.05) is 6.61 Å². The average molecular weight is 378 g/mol. The lowest BCUT2D eigenvalue weighted by atomic mass is 9.98. The highest BCUT2D eigenvalue weighted by Gasteiger charge is 2.12. The van der Waals surface area contributed by atoms with E-state index >= 15 is 0 Å². The minimum atomic E-state index is -0.539. The molecule has 0 aliphatic heterocycles. The van der Waals surface area contributed by atoms with Gasteiger partial charge in [-0.05, 0) is 40.8 Å². The van der Waals surface area contributed by atoms with Gasteiger partial charge in [-0.2, -0.15) is 0 Å². The molecule has 0 fully saturated rings. The molecular formula is C23H19FO4. The van der Waals surface area contributed by atoms with Gasteiger partial charge in [0.2, 0.25) is 0 Å². The minimum absolute atomic E-state index is 0.0831. The Morgan fingerprint density at radius 3 is 2.50 bits per heavy atom. The molecule has 0 amide bonds. The molecule has 0 aromatic heterocycles. The van der Waals surface area contributed by atoms with Crippen molar-refractivity contribution in [2.45, 2.75) is 13.3 Å². The van der Waals surface area contributed by atoms with Gasteiger partial charge < -0.3 is 9.47 Å². The van der Waals surface area contributed by atoms with Crippen molar-refractivity contribution in [3.8, 4) is 5.75 Å². The van der Waals surface area contributed by atoms with Crippen LogP contribution in [0.3, 0.4) is 0 Å². The molecule has 28 heavy (non-hydrogen) atoms. The highest BCUT2D eigenvalue weighted by atomic mass is 19.1. The van der Waals surface area contributed by atoms with E-state index in [9.17, 15) is 14.0 Å². The molecule has 3 aromatic rings. The molecule has 0 saturated carbocycles. The third kappa shape index (κ3) is 3.93. The summed E-state index contributed by atoms with van der Waals surface area (Å²) in [4.78, 5) is 22.8. The molecule has 0 radical (unpaired) electrons. The topological polar surface area (TPSA) is 52.6 Å². The van der Waals surface area contributed by atoms with Crippen LogP contribution >= 0.6 is 0 Å². The second kappa shape index (κ2) is 8.05. The van der Waals surface area contributed by atoms with Crippen LogP contribution in [0.1, 0.15) is 12.5 Å². The van der Waals surface area contributed by atoms with Gasteiger partial charge in [0.15, 0.2) is 0 Å². The zero-order valence-electron chi connectivity index (χ0n) is 15.5. The summed E-state index contributed by atoms with van der Waals surface area (Å²) in [5.74, 6) is -0.968. The number of ether oxygens (including phenoxy) is 2. The van der Waals surface area contributed by atoms with Gasteiger partial charge >= 0.3 is 11.9 Å². The van der Waals surface area contributed by atoms with E-state index < -0.39 is 11.9 Å². The van der Waals surface area contributed by atoms with Crippen LogP contribution in [0.2, 0.25) is 0 Å². The third-order valence-corrected chi connectivity index (χ3v) is 4.34. The van der Waals surface area contributed by atoms with Crippen molar-refractivity contribution in [1.29, 1.82) is 0 Å². The van der Waals surface area contributed by atoms with Gasteiger partial charge in [0, 0.05) is 23.5 Å². The lowest BCUT2D eigenvalue weighted by Gasteiger charge is -2.10. The number of halogens is 1. The fourth-order valence-corrected chi connectivity index (χ4v) is 2.92. The summed E-state index contributed by atoms with van der Waals surface area (Å²) in [5, 5.41) is 2.89. The fraction of sp³-hybridized carbons (Fsp3) is 0.130. The van der Waals surface area contributed by atoms with E-state index in [1.54, 1.807) is 43.3 Å². The highest BCUT2D eigenvalue weighted by Crippen LogP contribution is 2.31. The number of hydrogen-bond donors (Lipinski definition) is 0. The fourth-order valence-electron chi connectivity index (χ4n) is 2.92. The Hall–Kier alpha value is -3.47. The molecule has 3 aromatic carbocycles. The summed E-state index contributed by atoms with van der Waals surface area (Å²) in [7, 11) is 0. The molecule has 0 bridgehead atoms. The van der Waals surface area contributed by atoms with Crippen LogP contribution in [0.4, 0.5) is 4.39 Å². The predicted octanol–water partition coefficient (Wildman–Crippen LogP) is 4.89. The van der Waals surface area contributed by atoms with Gasteiger partial charge in [-0.1, -0.05) is 43.5 Å². The molecule has 0 atom stereocenters. The lowest BCUT2D eigenvalue weighted by molar-refractivity contribution is -0.138. The number of fused-ring (bicyclic) bond motifs is 3. The Balaban J connectivity index is 1.90. The Bertz CT molecular complexity index is 1110. The lowest BCUT2D eigenvalue weighted by Crippen LogP contribution is -2.08. The molecule has 0 aliphatic rings. The average Bonchev–Trinajstić information content (AvgIpc) is 2.68. The second-order valence-electron chi connectivity index (χ2n) is 6.37. The minimum Gasteiger partial charge on any atom is -0.462 e. The molecule has 0 N–H and O–H groups in total. The molecule has 5 heteroatoms. The summed E-state index contributed by atoms with van der Waals surface area (Å²) < 4.78 is 25.1. The van der Waals surface area contributed by atoms with E-state index in [2.05, 4.69) is 13.2 Å². The number of esters is 2. The molecule has 4 nitrogen and oxygen atoms in total. The molecule has 3 rings (SSSR count). The quantitative estimate of drug-likeness (QED) is 0.265. The van der Waals surface area contributed by atoms with Crippen molar-refractivity contribution in [3.63, 3.8) is 0 Å². The van der Waals surface area contributed by atoms with Gasteiger partial charge in [0.25, 0.3) is 0 Å². The summed E-state index contributed by atoms with van der Waals surface area (Å²) in [6.45, 7) is 8.53. The van der Waals surface area contributed by atoms with Crippen molar-refractivity contribution in [3.05, 3.63) is 78.7 Å². The van der Waals surface area contributed by atoms with Crippen LogP contribution in [-0.2, 0) is 20.7 Å². The van der Waals surface area contributed by atoms with E-state index in [1.807, 2.05) is 6.07 Å². The molecular weight excluding hydrogens is 359 g/mol. The second-order valence-corrected chi connectivity index (χ2v) is 6.37. The summed E-state index contributed by atoms with van der Waals surface area (Å²) >= 11 is 0. The Morgan fingerprint density at radius 2 is 1.79 bits per heavy atom. The van der Waals surface area contributed by atoms with Crippen LogP contribution in [0, 0.1) is 5.82 Å². The number of rotatable bonds is 6. The zero-order valence-corrected chi connectivity index (χ0v) is 15.5. The van der Waals surface area contributed by atoms with Gasteiger partial charge in [0.05, 0.1) is 6.61 Å². The number of benzene rings is 3. The van der Waals surface area contributed by atoms with Gasteiger partial charge in [0.1, 0.15) is 11.6 Å². The summed E-state index contributed by atoms with van der Waals surface area (Å²) in [5.41, 5.74) is 0.779. The first-order chi connectivity index (χ1) is 13.4. The first-order valence-corrected chi connectivity index (χ1v) is 8.71. The van der Waals surface area contributed by atoms with Gasteiger partial charge in [-0.3, -0.25) is 0 Å². The van der Waals surface area contributed by atoms with Crippen LogP contribution in [0.5, 0.6) is 5.75 Å². The standard InChI is InChI=1S/C23H19FO4/c1-4-21(25)28-17-7-10-18-16(13-17)6-9-20-19(18)8-5-15(22(20)24)11-12-27-23(26)14(2)3/h4-10,13H,1-2,11-12H2,3H3. The zero-order chi connectivity index (χ0) is 20.3. The molecule has 0 aliphatic carbocycles. The molecule has 0 heterocycles. The Morgan fingerprint density at radius 1 is 1.07 bits per heavy atom. The maximum absolute atomic E-state index is 14.9. The van der Waals surface area contributed by atoms with Crippen molar-refractivity contribution in [2.24, 2.45) is 0 Å². The number of hydrogen-bond acceptors (Lipinski definition) is 4. The summed E-state index contributed by atoms with van der Waals surface area (Å²) in [6, 6.07) is 12.2. The van der Waals surface area contributed by atoms with Gasteiger partial charge in [-0.25, -0.2) is 14.0 Å². The maximum atomic E-state index is 14.9. The number of carbonyl (C=O) groups excluding carboxylic acids is 2. The Kier molecular flexibility index (Phi) is 5.54. The first kappa shape index (κ1) is 19.3. The van der Waals surface area contributed by atoms with Crippen molar-refractivity contribution < 1.29 is 23.5 Å². The van der Waals surface area contributed by atoms with Crippen molar-refractivity contribution in [1.82, 2.24) is 0 Å². The molecule has 0 saturated heterocycles. The van der Waals surface area contributed by atoms with E-state index in [0.29, 0.717) is 22.3 Å².